The molecule has 0 aliphatic heterocycles. The van der Waals surface area contributed by atoms with Crippen molar-refractivity contribution in [3.63, 3.8) is 0 Å². The van der Waals surface area contributed by atoms with Crippen LogP contribution < -0.4 is 11.1 Å². The molecule has 74 valence electrons. The normalized spacial score (nSPS) is 15.2. The predicted molar refractivity (Wildman–Crippen MR) is 56.3 cm³/mol. The molecule has 0 aliphatic carbocycles. The maximum atomic E-state index is 11.0. The third-order valence-corrected chi connectivity index (χ3v) is 3.54. The molecule has 7 heteroatoms. The van der Waals surface area contributed by atoms with Gasteiger partial charge in [-0.05, 0) is 6.92 Å². The molecule has 2 unspecified atom stereocenters. The summed E-state index contributed by atoms with van der Waals surface area (Å²) in [5.41, 5.74) is 5.33. The van der Waals surface area contributed by atoms with Crippen molar-refractivity contribution in [1.82, 2.24) is 9.36 Å². The number of nitrogens with two attached hydrogens (primary N) is 1. The van der Waals surface area contributed by atoms with Gasteiger partial charge in [-0.25, -0.2) is 0 Å². The smallest absolute Gasteiger partial charge is 0.233 e. The Morgan fingerprint density at radius 3 is 2.92 bits per heavy atom. The highest BCUT2D eigenvalue weighted by Crippen LogP contribution is 2.11. The van der Waals surface area contributed by atoms with E-state index in [9.17, 15) is 4.21 Å². The standard InChI is InChI=1S/C6H12N4OS2/c1-4(13(2)11)3-8-6-9-5(7)10-12-6/h4H,3H2,1-2H3,(H3,7,8,9,10). The van der Waals surface area contributed by atoms with E-state index in [0.29, 0.717) is 11.7 Å². The summed E-state index contributed by atoms with van der Waals surface area (Å²) >= 11 is 1.21. The van der Waals surface area contributed by atoms with Crippen molar-refractivity contribution < 1.29 is 4.21 Å². The van der Waals surface area contributed by atoms with Crippen LogP contribution in [-0.2, 0) is 10.8 Å². The minimum Gasteiger partial charge on any atom is -0.367 e. The van der Waals surface area contributed by atoms with Gasteiger partial charge in [-0.1, -0.05) is 0 Å². The molecule has 1 aromatic rings. The molecule has 1 heterocycles. The molecule has 0 fully saturated rings. The van der Waals surface area contributed by atoms with Crippen molar-refractivity contribution in [3.05, 3.63) is 0 Å². The zero-order valence-electron chi connectivity index (χ0n) is 7.48. The number of anilines is 2. The van der Waals surface area contributed by atoms with Crippen LogP contribution in [0, 0.1) is 0 Å². The Morgan fingerprint density at radius 1 is 1.77 bits per heavy atom. The summed E-state index contributed by atoms with van der Waals surface area (Å²) in [6.07, 6.45) is 1.68. The molecule has 1 aromatic heterocycles. The molecular weight excluding hydrogens is 208 g/mol. The number of hydrogen-bond acceptors (Lipinski definition) is 6. The molecule has 2 atom stereocenters. The quantitative estimate of drug-likeness (QED) is 0.762. The second-order valence-electron chi connectivity index (χ2n) is 2.65. The summed E-state index contributed by atoms with van der Waals surface area (Å²) < 4.78 is 14.8. The summed E-state index contributed by atoms with van der Waals surface area (Å²) in [6.45, 7) is 2.53. The SMILES string of the molecule is CC(CNc1nc(N)ns1)S(C)=O. The average molecular weight is 220 g/mol. The fourth-order valence-electron chi connectivity index (χ4n) is 0.655. The Morgan fingerprint density at radius 2 is 2.46 bits per heavy atom. The number of hydrogen-bond donors (Lipinski definition) is 2. The van der Waals surface area contributed by atoms with Crippen LogP contribution in [0.15, 0.2) is 0 Å². The first-order chi connectivity index (χ1) is 6.09. The third kappa shape index (κ3) is 3.27. The number of rotatable bonds is 4. The van der Waals surface area contributed by atoms with E-state index in [1.807, 2.05) is 6.92 Å². The first kappa shape index (κ1) is 10.4. The molecule has 3 N–H and O–H groups in total. The Hall–Kier alpha value is -0.690. The van der Waals surface area contributed by atoms with Crippen LogP contribution in [0.4, 0.5) is 11.1 Å². The maximum Gasteiger partial charge on any atom is 0.233 e. The van der Waals surface area contributed by atoms with Gasteiger partial charge >= 0.3 is 0 Å². The Balaban J connectivity index is 2.39. The molecular formula is C6H12N4OS2. The molecule has 5 nitrogen and oxygen atoms in total. The number of aromatic nitrogens is 2. The van der Waals surface area contributed by atoms with Gasteiger partial charge in [0.25, 0.3) is 0 Å². The highest BCUT2D eigenvalue weighted by Gasteiger charge is 2.07. The van der Waals surface area contributed by atoms with Gasteiger partial charge in [-0.15, -0.1) is 0 Å². The van der Waals surface area contributed by atoms with Crippen LogP contribution in [0.2, 0.25) is 0 Å². The lowest BCUT2D eigenvalue weighted by Crippen LogP contribution is -2.20. The summed E-state index contributed by atoms with van der Waals surface area (Å²) in [4.78, 5) is 3.92. The van der Waals surface area contributed by atoms with Gasteiger partial charge in [0.1, 0.15) is 0 Å². The molecule has 0 amide bonds. The van der Waals surface area contributed by atoms with Crippen LogP contribution in [0.3, 0.4) is 0 Å². The topological polar surface area (TPSA) is 80.9 Å². The molecule has 13 heavy (non-hydrogen) atoms. The number of nitrogens with one attached hydrogen (secondary N) is 1. The Labute approximate surface area is 83.4 Å². The Kier molecular flexibility index (Phi) is 3.61. The van der Waals surface area contributed by atoms with Gasteiger partial charge in [0.05, 0.1) is 0 Å². The second kappa shape index (κ2) is 4.52. The first-order valence-electron chi connectivity index (χ1n) is 3.75. The summed E-state index contributed by atoms with van der Waals surface area (Å²) in [6, 6.07) is 0. The molecule has 0 aliphatic rings. The largest absolute Gasteiger partial charge is 0.367 e. The summed E-state index contributed by atoms with van der Waals surface area (Å²) in [7, 11) is -0.814. The first-order valence-corrected chi connectivity index (χ1v) is 6.14. The zero-order valence-corrected chi connectivity index (χ0v) is 9.11. The minimum absolute atomic E-state index is 0.102. The van der Waals surface area contributed by atoms with E-state index in [0.717, 1.165) is 0 Å². The molecule has 0 aromatic carbocycles. The van der Waals surface area contributed by atoms with Gasteiger partial charge in [-0.3, -0.25) is 4.21 Å². The second-order valence-corrected chi connectivity index (χ2v) is 5.20. The minimum atomic E-state index is -0.814. The van der Waals surface area contributed by atoms with E-state index in [-0.39, 0.29) is 11.2 Å². The predicted octanol–water partition coefficient (Wildman–Crippen LogP) is 0.299. The van der Waals surface area contributed by atoms with Crippen LogP contribution in [-0.4, -0.2) is 31.6 Å². The molecule has 0 bridgehead atoms. The zero-order chi connectivity index (χ0) is 9.84. The lowest BCUT2D eigenvalue weighted by Gasteiger charge is -2.07. The van der Waals surface area contributed by atoms with Crippen molar-refractivity contribution >= 4 is 33.4 Å². The molecule has 0 spiro atoms. The molecule has 1 rings (SSSR count). The molecule has 0 saturated carbocycles. The van der Waals surface area contributed by atoms with E-state index >= 15 is 0 Å². The van der Waals surface area contributed by atoms with Crippen molar-refractivity contribution in [2.75, 3.05) is 23.9 Å². The van der Waals surface area contributed by atoms with Crippen LogP contribution in [0.1, 0.15) is 6.92 Å². The maximum absolute atomic E-state index is 11.0. The lowest BCUT2D eigenvalue weighted by atomic mass is 10.5. The van der Waals surface area contributed by atoms with Crippen LogP contribution in [0.5, 0.6) is 0 Å². The van der Waals surface area contributed by atoms with Crippen LogP contribution >= 0.6 is 11.5 Å². The fourth-order valence-corrected chi connectivity index (χ4v) is 1.48. The number of nitrogens with zero attached hydrogens (tertiary/aromatic N) is 2. The average Bonchev–Trinajstić information content (AvgIpc) is 2.47. The molecule has 0 radical (unpaired) electrons. The van der Waals surface area contributed by atoms with E-state index in [4.69, 9.17) is 5.73 Å². The lowest BCUT2D eigenvalue weighted by molar-refractivity contribution is 0.679. The van der Waals surface area contributed by atoms with Gasteiger partial charge < -0.3 is 11.1 Å². The van der Waals surface area contributed by atoms with Crippen molar-refractivity contribution in [1.29, 1.82) is 0 Å². The van der Waals surface area contributed by atoms with E-state index in [2.05, 4.69) is 14.7 Å². The van der Waals surface area contributed by atoms with E-state index < -0.39 is 10.8 Å². The Bertz CT molecular complexity index is 301. The third-order valence-electron chi connectivity index (χ3n) is 1.55. The highest BCUT2D eigenvalue weighted by molar-refractivity contribution is 7.84. The van der Waals surface area contributed by atoms with Crippen molar-refractivity contribution in [2.45, 2.75) is 12.2 Å². The summed E-state index contributed by atoms with van der Waals surface area (Å²) in [5.74, 6) is 0.276. The van der Waals surface area contributed by atoms with Crippen LogP contribution in [0.25, 0.3) is 0 Å². The van der Waals surface area contributed by atoms with Gasteiger partial charge in [0.15, 0.2) is 0 Å². The van der Waals surface area contributed by atoms with Gasteiger partial charge in [-0.2, -0.15) is 9.36 Å². The van der Waals surface area contributed by atoms with Crippen molar-refractivity contribution in [2.24, 2.45) is 0 Å². The van der Waals surface area contributed by atoms with Gasteiger partial charge in [0, 0.05) is 40.4 Å². The van der Waals surface area contributed by atoms with E-state index in [1.54, 1.807) is 6.26 Å². The highest BCUT2D eigenvalue weighted by atomic mass is 32.2. The molecule has 0 saturated heterocycles. The number of nitrogen functional groups attached to an aromatic ring is 1. The van der Waals surface area contributed by atoms with Crippen molar-refractivity contribution in [3.8, 4) is 0 Å². The monoisotopic (exact) mass is 220 g/mol. The van der Waals surface area contributed by atoms with Gasteiger partial charge in [0.2, 0.25) is 11.1 Å². The van der Waals surface area contributed by atoms with E-state index in [1.165, 1.54) is 11.5 Å². The summed E-state index contributed by atoms with van der Waals surface area (Å²) in [5, 5.41) is 3.80. The fraction of sp³-hybridized carbons (Fsp3) is 0.667.